The molecule has 0 saturated heterocycles. The van der Waals surface area contributed by atoms with Gasteiger partial charge < -0.3 is 23.7 Å². The van der Waals surface area contributed by atoms with E-state index in [1.807, 2.05) is 37.3 Å². The molecule has 0 unspecified atom stereocenters. The first-order valence-corrected chi connectivity index (χ1v) is 9.19. The van der Waals surface area contributed by atoms with Crippen LogP contribution in [0, 0.1) is 0 Å². The molecule has 5 heteroatoms. The molecule has 0 aromatic heterocycles. The molecule has 0 fully saturated rings. The van der Waals surface area contributed by atoms with Gasteiger partial charge in [-0.3, -0.25) is 0 Å². The number of benzene rings is 3. The summed E-state index contributed by atoms with van der Waals surface area (Å²) in [6.07, 6.45) is 5.91. The molecule has 29 heavy (non-hydrogen) atoms. The third-order valence-electron chi connectivity index (χ3n) is 5.03. The van der Waals surface area contributed by atoms with Gasteiger partial charge in [-0.1, -0.05) is 24.8 Å². The van der Waals surface area contributed by atoms with Gasteiger partial charge in [0, 0.05) is 5.39 Å². The minimum absolute atomic E-state index is 0.538. The van der Waals surface area contributed by atoms with Crippen molar-refractivity contribution in [3.63, 3.8) is 0 Å². The highest BCUT2D eigenvalue weighted by atomic mass is 16.5. The Kier molecular flexibility index (Phi) is 5.87. The molecule has 3 rings (SSSR count). The van der Waals surface area contributed by atoms with Gasteiger partial charge in [-0.2, -0.15) is 0 Å². The summed E-state index contributed by atoms with van der Waals surface area (Å²) in [4.78, 5) is 0. The first-order valence-electron chi connectivity index (χ1n) is 9.19. The van der Waals surface area contributed by atoms with Crippen LogP contribution >= 0.6 is 0 Å². The van der Waals surface area contributed by atoms with Crippen molar-refractivity contribution in [3.8, 4) is 28.7 Å². The van der Waals surface area contributed by atoms with Crippen LogP contribution in [0.1, 0.15) is 18.1 Å². The lowest BCUT2D eigenvalue weighted by Gasteiger charge is -2.20. The fraction of sp³-hybridized carbons (Fsp3) is 0.250. The van der Waals surface area contributed by atoms with Gasteiger partial charge in [0.05, 0.1) is 35.5 Å². The molecule has 3 aromatic carbocycles. The SMILES string of the molecule is C=Cc1c(/C=C\C)c2cc(OC)c(OC)c(OC)c2c2cc(OC)c(OC)cc12. The molecule has 0 bridgehead atoms. The predicted octanol–water partition coefficient (Wildman–Crippen LogP) is 5.71. The molecule has 152 valence electrons. The van der Waals surface area contributed by atoms with Crippen LogP contribution in [0.5, 0.6) is 28.7 Å². The summed E-state index contributed by atoms with van der Waals surface area (Å²) in [6.45, 7) is 6.04. The van der Waals surface area contributed by atoms with E-state index in [2.05, 4.69) is 12.7 Å². The molecule has 0 atom stereocenters. The smallest absolute Gasteiger partial charge is 0.203 e. The highest BCUT2D eigenvalue weighted by Crippen LogP contribution is 2.50. The van der Waals surface area contributed by atoms with Crippen LogP contribution in [0.3, 0.4) is 0 Å². The van der Waals surface area contributed by atoms with Crippen molar-refractivity contribution < 1.29 is 23.7 Å². The zero-order chi connectivity index (χ0) is 21.1. The Hall–Kier alpha value is -3.34. The van der Waals surface area contributed by atoms with Gasteiger partial charge in [0.2, 0.25) is 5.75 Å². The number of hydrogen-bond donors (Lipinski definition) is 0. The van der Waals surface area contributed by atoms with E-state index in [-0.39, 0.29) is 0 Å². The molecule has 0 N–H and O–H groups in total. The van der Waals surface area contributed by atoms with Crippen LogP contribution in [0.2, 0.25) is 0 Å². The average Bonchev–Trinajstić information content (AvgIpc) is 2.76. The Morgan fingerprint density at radius 3 is 1.69 bits per heavy atom. The molecule has 0 saturated carbocycles. The van der Waals surface area contributed by atoms with E-state index in [4.69, 9.17) is 23.7 Å². The lowest BCUT2D eigenvalue weighted by Crippen LogP contribution is -1.99. The second kappa shape index (κ2) is 8.35. The Morgan fingerprint density at radius 1 is 0.655 bits per heavy atom. The standard InChI is InChI=1S/C24H26O5/c1-8-10-15-14(9-2)16-11-19(25-3)20(26-4)12-18(16)22-17(15)13-21(27-5)23(28-6)24(22)29-7/h8-13H,2H2,1,3-7H3/b10-8-. The van der Waals surface area contributed by atoms with E-state index in [9.17, 15) is 0 Å². The van der Waals surface area contributed by atoms with Crippen LogP contribution in [-0.2, 0) is 0 Å². The highest BCUT2D eigenvalue weighted by Gasteiger charge is 2.23. The molecule has 5 nitrogen and oxygen atoms in total. The third kappa shape index (κ3) is 3.12. The summed E-state index contributed by atoms with van der Waals surface area (Å²) >= 11 is 0. The van der Waals surface area contributed by atoms with Gasteiger partial charge >= 0.3 is 0 Å². The van der Waals surface area contributed by atoms with Gasteiger partial charge in [-0.15, -0.1) is 0 Å². The van der Waals surface area contributed by atoms with Crippen molar-refractivity contribution in [2.24, 2.45) is 0 Å². The van der Waals surface area contributed by atoms with E-state index < -0.39 is 0 Å². The molecule has 0 aliphatic heterocycles. The maximum Gasteiger partial charge on any atom is 0.203 e. The maximum absolute atomic E-state index is 5.81. The normalized spacial score (nSPS) is 11.1. The minimum atomic E-state index is 0.538. The summed E-state index contributed by atoms with van der Waals surface area (Å²) in [5, 5.41) is 3.79. The molecule has 0 radical (unpaired) electrons. The Morgan fingerprint density at radius 2 is 1.21 bits per heavy atom. The summed E-state index contributed by atoms with van der Waals surface area (Å²) in [6, 6.07) is 5.89. The van der Waals surface area contributed by atoms with Crippen molar-refractivity contribution >= 4 is 33.7 Å². The van der Waals surface area contributed by atoms with E-state index in [0.29, 0.717) is 28.7 Å². The number of hydrogen-bond acceptors (Lipinski definition) is 5. The summed E-state index contributed by atoms with van der Waals surface area (Å²) < 4.78 is 28.1. The van der Waals surface area contributed by atoms with Crippen LogP contribution in [0.4, 0.5) is 0 Å². The first-order chi connectivity index (χ1) is 14.1. The number of methoxy groups -OCH3 is 5. The first kappa shape index (κ1) is 20.4. The topological polar surface area (TPSA) is 46.2 Å². The Bertz CT molecular complexity index is 1110. The summed E-state index contributed by atoms with van der Waals surface area (Å²) in [5.41, 5.74) is 2.00. The van der Waals surface area contributed by atoms with Crippen molar-refractivity contribution in [3.05, 3.63) is 42.0 Å². The third-order valence-corrected chi connectivity index (χ3v) is 5.03. The summed E-state index contributed by atoms with van der Waals surface area (Å²) in [7, 11) is 8.08. The van der Waals surface area contributed by atoms with Gasteiger partial charge in [0.1, 0.15) is 0 Å². The zero-order valence-corrected chi connectivity index (χ0v) is 17.7. The number of rotatable bonds is 7. The summed E-state index contributed by atoms with van der Waals surface area (Å²) in [5.74, 6) is 3.01. The molecular weight excluding hydrogens is 368 g/mol. The van der Waals surface area contributed by atoms with Crippen molar-refractivity contribution in [2.75, 3.05) is 35.5 Å². The second-order valence-corrected chi connectivity index (χ2v) is 6.35. The number of fused-ring (bicyclic) bond motifs is 3. The van der Waals surface area contributed by atoms with Crippen LogP contribution in [0.15, 0.2) is 30.9 Å². The number of allylic oxidation sites excluding steroid dienone is 1. The van der Waals surface area contributed by atoms with Gasteiger partial charge in [-0.05, 0) is 52.4 Å². The monoisotopic (exact) mass is 394 g/mol. The van der Waals surface area contributed by atoms with Crippen LogP contribution in [-0.4, -0.2) is 35.5 Å². The minimum Gasteiger partial charge on any atom is -0.493 e. The van der Waals surface area contributed by atoms with Crippen molar-refractivity contribution in [2.45, 2.75) is 6.92 Å². The predicted molar refractivity (Wildman–Crippen MR) is 119 cm³/mol. The average molecular weight is 394 g/mol. The fourth-order valence-electron chi connectivity index (χ4n) is 3.80. The maximum atomic E-state index is 5.81. The quantitative estimate of drug-likeness (QED) is 0.480. The Balaban J connectivity index is 2.72. The van der Waals surface area contributed by atoms with Crippen LogP contribution < -0.4 is 23.7 Å². The van der Waals surface area contributed by atoms with Gasteiger partial charge in [0.15, 0.2) is 23.0 Å². The fourth-order valence-corrected chi connectivity index (χ4v) is 3.80. The lowest BCUT2D eigenvalue weighted by atomic mass is 9.90. The highest BCUT2D eigenvalue weighted by molar-refractivity contribution is 6.19. The zero-order valence-electron chi connectivity index (χ0n) is 17.7. The molecule has 3 aromatic rings. The lowest BCUT2D eigenvalue weighted by molar-refractivity contribution is 0.327. The van der Waals surface area contributed by atoms with Gasteiger partial charge in [-0.25, -0.2) is 0 Å². The van der Waals surface area contributed by atoms with E-state index in [0.717, 1.165) is 32.7 Å². The molecular formula is C24H26O5. The largest absolute Gasteiger partial charge is 0.493 e. The molecule has 0 amide bonds. The molecule has 0 heterocycles. The number of ether oxygens (including phenoxy) is 5. The molecule has 0 spiro atoms. The van der Waals surface area contributed by atoms with E-state index in [1.54, 1.807) is 35.5 Å². The van der Waals surface area contributed by atoms with Crippen molar-refractivity contribution in [1.29, 1.82) is 0 Å². The molecule has 0 aliphatic rings. The van der Waals surface area contributed by atoms with Crippen LogP contribution in [0.25, 0.3) is 33.7 Å². The van der Waals surface area contributed by atoms with Gasteiger partial charge in [0.25, 0.3) is 0 Å². The Labute approximate surface area is 171 Å². The van der Waals surface area contributed by atoms with E-state index >= 15 is 0 Å². The van der Waals surface area contributed by atoms with E-state index in [1.165, 1.54) is 0 Å². The van der Waals surface area contributed by atoms with Crippen molar-refractivity contribution in [1.82, 2.24) is 0 Å². The second-order valence-electron chi connectivity index (χ2n) is 6.35. The molecule has 0 aliphatic carbocycles.